The fraction of sp³-hybridized carbons (Fsp3) is 0.160. The van der Waals surface area contributed by atoms with E-state index in [2.05, 4.69) is 6.07 Å². The second-order valence-electron chi connectivity index (χ2n) is 7.55. The summed E-state index contributed by atoms with van der Waals surface area (Å²) in [5, 5.41) is 13.2. The zero-order chi connectivity index (χ0) is 22.1. The predicted octanol–water partition coefficient (Wildman–Crippen LogP) is 5.31. The Morgan fingerprint density at radius 2 is 1.94 bits per heavy atom. The molecule has 1 atom stereocenters. The van der Waals surface area contributed by atoms with Crippen LogP contribution in [0.3, 0.4) is 0 Å². The van der Waals surface area contributed by atoms with Gasteiger partial charge in [0, 0.05) is 30.7 Å². The first-order valence-corrected chi connectivity index (χ1v) is 11.2. The lowest BCUT2D eigenvalue weighted by molar-refractivity contribution is -0.130. The van der Waals surface area contributed by atoms with Gasteiger partial charge >= 0.3 is 0 Å². The van der Waals surface area contributed by atoms with Crippen LogP contribution >= 0.6 is 11.3 Å². The van der Waals surface area contributed by atoms with E-state index >= 15 is 0 Å². The molecule has 0 spiro atoms. The average Bonchev–Trinajstić information content (AvgIpc) is 3.58. The number of aromatic nitrogens is 2. The Bertz CT molecular complexity index is 1280. The number of ether oxygens (including phenoxy) is 1. The minimum absolute atomic E-state index is 0.0995. The molecular formula is C25H22N4O2S. The third-order valence-electron chi connectivity index (χ3n) is 5.51. The van der Waals surface area contributed by atoms with Crippen molar-refractivity contribution < 1.29 is 9.53 Å². The highest BCUT2D eigenvalue weighted by Crippen LogP contribution is 2.39. The first kappa shape index (κ1) is 20.2. The largest absolute Gasteiger partial charge is 0.497 e. The van der Waals surface area contributed by atoms with Crippen LogP contribution in [0, 0.1) is 0 Å². The lowest BCUT2D eigenvalue weighted by Gasteiger charge is -2.19. The van der Waals surface area contributed by atoms with E-state index in [1.165, 1.54) is 0 Å². The summed E-state index contributed by atoms with van der Waals surface area (Å²) in [6, 6.07) is 21.6. The van der Waals surface area contributed by atoms with Crippen molar-refractivity contribution in [1.82, 2.24) is 14.8 Å². The lowest BCUT2D eigenvalue weighted by Crippen LogP contribution is -2.24. The van der Waals surface area contributed by atoms with Crippen molar-refractivity contribution in [1.29, 1.82) is 0 Å². The number of hydrogen-bond donors (Lipinski definition) is 0. The molecule has 0 radical (unpaired) electrons. The van der Waals surface area contributed by atoms with E-state index in [-0.39, 0.29) is 11.9 Å². The maximum atomic E-state index is 12.6. The number of para-hydroxylation sites is 1. The second-order valence-corrected chi connectivity index (χ2v) is 8.50. The molecule has 3 heterocycles. The summed E-state index contributed by atoms with van der Waals surface area (Å²) in [4.78, 5) is 13.6. The van der Waals surface area contributed by atoms with Crippen LogP contribution in [0.1, 0.15) is 30.5 Å². The van der Waals surface area contributed by atoms with Crippen molar-refractivity contribution in [2.24, 2.45) is 5.10 Å². The van der Waals surface area contributed by atoms with Gasteiger partial charge in [-0.2, -0.15) is 10.2 Å². The Morgan fingerprint density at radius 1 is 1.09 bits per heavy atom. The number of benzene rings is 2. The molecule has 1 aliphatic rings. The molecule has 0 bridgehead atoms. The fourth-order valence-electron chi connectivity index (χ4n) is 3.97. The quantitative estimate of drug-likeness (QED) is 0.421. The summed E-state index contributed by atoms with van der Waals surface area (Å²) >= 11 is 1.64. The van der Waals surface area contributed by atoms with Crippen LogP contribution < -0.4 is 4.74 Å². The molecule has 1 aliphatic heterocycles. The third kappa shape index (κ3) is 3.71. The van der Waals surface area contributed by atoms with Crippen LogP contribution in [0.4, 0.5) is 0 Å². The second kappa shape index (κ2) is 8.43. The Morgan fingerprint density at radius 3 is 2.66 bits per heavy atom. The van der Waals surface area contributed by atoms with Crippen LogP contribution in [-0.4, -0.2) is 33.5 Å². The highest BCUT2D eigenvalue weighted by Gasteiger charge is 2.35. The molecule has 1 amide bonds. The van der Waals surface area contributed by atoms with Crippen molar-refractivity contribution in [2.45, 2.75) is 19.4 Å². The molecule has 0 N–H and O–H groups in total. The molecule has 32 heavy (non-hydrogen) atoms. The van der Waals surface area contributed by atoms with E-state index in [0.717, 1.165) is 38.8 Å². The number of methoxy groups -OCH3 is 1. The lowest BCUT2D eigenvalue weighted by atomic mass is 9.98. The van der Waals surface area contributed by atoms with Gasteiger partial charge in [0.1, 0.15) is 11.4 Å². The van der Waals surface area contributed by atoms with Gasteiger partial charge in [0.25, 0.3) is 0 Å². The Hall–Kier alpha value is -3.71. The van der Waals surface area contributed by atoms with Crippen LogP contribution in [0.2, 0.25) is 0 Å². The van der Waals surface area contributed by atoms with Crippen molar-refractivity contribution in [3.8, 4) is 22.0 Å². The molecule has 5 rings (SSSR count). The van der Waals surface area contributed by atoms with Crippen molar-refractivity contribution >= 4 is 23.0 Å². The summed E-state index contributed by atoms with van der Waals surface area (Å²) in [7, 11) is 1.64. The summed E-state index contributed by atoms with van der Waals surface area (Å²) in [6.45, 7) is 1.55. The first-order valence-electron chi connectivity index (χ1n) is 10.3. The summed E-state index contributed by atoms with van der Waals surface area (Å²) in [6.07, 6.45) is 2.63. The molecule has 0 fully saturated rings. The summed E-state index contributed by atoms with van der Waals surface area (Å²) in [5.41, 5.74) is 4.63. The van der Waals surface area contributed by atoms with Crippen molar-refractivity contribution in [3.63, 3.8) is 0 Å². The maximum absolute atomic E-state index is 12.6. The number of carbonyl (C=O) groups excluding carboxylic acids is 1. The van der Waals surface area contributed by atoms with Crippen LogP contribution in [-0.2, 0) is 4.79 Å². The Kier molecular flexibility index (Phi) is 5.33. The van der Waals surface area contributed by atoms with E-state index in [1.54, 1.807) is 30.4 Å². The van der Waals surface area contributed by atoms with Gasteiger partial charge in [0.15, 0.2) is 0 Å². The van der Waals surface area contributed by atoms with E-state index in [4.69, 9.17) is 14.9 Å². The van der Waals surface area contributed by atoms with E-state index < -0.39 is 0 Å². The Balaban J connectivity index is 1.58. The number of carbonyl (C=O) groups is 1. The standard InChI is InChI=1S/C25H22N4O2S/c1-17(30)29-23(15-22(26-29)18-8-6-11-20(14-18)31-2)21-16-28(19-9-4-3-5-10-19)27-25(21)24-12-7-13-32-24/h3-14,16,23H,15H2,1-2H3/t23-/m1/s1. The third-order valence-corrected chi connectivity index (χ3v) is 6.39. The van der Waals surface area contributed by atoms with Gasteiger partial charge in [0.05, 0.1) is 29.4 Å². The van der Waals surface area contributed by atoms with Gasteiger partial charge in [-0.15, -0.1) is 11.3 Å². The number of rotatable bonds is 5. The summed E-state index contributed by atoms with van der Waals surface area (Å²) < 4.78 is 7.25. The zero-order valence-electron chi connectivity index (χ0n) is 17.8. The highest BCUT2D eigenvalue weighted by molar-refractivity contribution is 7.13. The van der Waals surface area contributed by atoms with Crippen LogP contribution in [0.5, 0.6) is 5.75 Å². The minimum Gasteiger partial charge on any atom is -0.497 e. The van der Waals surface area contributed by atoms with E-state index in [1.807, 2.05) is 76.9 Å². The molecule has 4 aromatic rings. The monoisotopic (exact) mass is 442 g/mol. The zero-order valence-corrected chi connectivity index (χ0v) is 18.6. The van der Waals surface area contributed by atoms with E-state index in [9.17, 15) is 4.79 Å². The van der Waals surface area contributed by atoms with Gasteiger partial charge in [-0.1, -0.05) is 36.4 Å². The van der Waals surface area contributed by atoms with Crippen molar-refractivity contribution in [3.05, 3.63) is 89.4 Å². The minimum atomic E-state index is -0.233. The van der Waals surface area contributed by atoms with Crippen LogP contribution in [0.15, 0.2) is 83.4 Å². The predicted molar refractivity (Wildman–Crippen MR) is 126 cm³/mol. The fourth-order valence-corrected chi connectivity index (χ4v) is 4.70. The molecule has 2 aromatic carbocycles. The molecule has 2 aromatic heterocycles. The number of thiophene rings is 1. The average molecular weight is 443 g/mol. The van der Waals surface area contributed by atoms with E-state index in [0.29, 0.717) is 6.42 Å². The van der Waals surface area contributed by atoms with Gasteiger partial charge in [-0.3, -0.25) is 4.79 Å². The molecule has 0 unspecified atom stereocenters. The molecule has 7 heteroatoms. The molecule has 6 nitrogen and oxygen atoms in total. The Labute approximate surface area is 190 Å². The van der Waals surface area contributed by atoms with Crippen molar-refractivity contribution in [2.75, 3.05) is 7.11 Å². The first-order chi connectivity index (χ1) is 15.6. The normalized spacial score (nSPS) is 15.6. The van der Waals surface area contributed by atoms with Gasteiger partial charge in [0.2, 0.25) is 5.91 Å². The number of hydrazone groups is 1. The van der Waals surface area contributed by atoms with Crippen LogP contribution in [0.25, 0.3) is 16.3 Å². The molecule has 0 aliphatic carbocycles. The number of hydrogen-bond acceptors (Lipinski definition) is 5. The molecule has 0 saturated carbocycles. The maximum Gasteiger partial charge on any atom is 0.240 e. The SMILES string of the molecule is COc1cccc(C2=NN(C(C)=O)[C@@H](c3cn(-c4ccccc4)nc3-c3cccs3)C2)c1. The van der Waals surface area contributed by atoms with Gasteiger partial charge in [-0.05, 0) is 35.7 Å². The number of nitrogens with zero attached hydrogens (tertiary/aromatic N) is 4. The topological polar surface area (TPSA) is 59.7 Å². The number of amides is 1. The summed E-state index contributed by atoms with van der Waals surface area (Å²) in [5.74, 6) is 0.664. The van der Waals surface area contributed by atoms with Gasteiger partial charge < -0.3 is 4.74 Å². The smallest absolute Gasteiger partial charge is 0.240 e. The van der Waals surface area contributed by atoms with Gasteiger partial charge in [-0.25, -0.2) is 9.69 Å². The molecule has 160 valence electrons. The molecular weight excluding hydrogens is 420 g/mol. The highest BCUT2D eigenvalue weighted by atomic mass is 32.1. The molecule has 0 saturated heterocycles.